The molecular formula is C20H27N3O3. The fourth-order valence-electron chi connectivity index (χ4n) is 3.33. The van der Waals surface area contributed by atoms with Gasteiger partial charge in [-0.3, -0.25) is 4.79 Å². The lowest BCUT2D eigenvalue weighted by Crippen LogP contribution is -2.30. The molecule has 1 aromatic heterocycles. The number of hydrogen-bond acceptors (Lipinski definition) is 5. The summed E-state index contributed by atoms with van der Waals surface area (Å²) < 4.78 is 11.7. The second kappa shape index (κ2) is 8.36. The van der Waals surface area contributed by atoms with Crippen LogP contribution >= 0.6 is 0 Å². The molecule has 1 aliphatic rings. The van der Waals surface area contributed by atoms with E-state index in [1.54, 1.807) is 18.3 Å². The predicted molar refractivity (Wildman–Crippen MR) is 102 cm³/mol. The molecule has 1 amide bonds. The molecule has 0 bridgehead atoms. The summed E-state index contributed by atoms with van der Waals surface area (Å²) in [7, 11) is 0. The third-order valence-electron chi connectivity index (χ3n) is 4.62. The Morgan fingerprint density at radius 3 is 2.96 bits per heavy atom. The van der Waals surface area contributed by atoms with Crippen LogP contribution in [0, 0.1) is 5.92 Å². The highest BCUT2D eigenvalue weighted by molar-refractivity contribution is 6.01. The molecule has 6 nitrogen and oxygen atoms in total. The van der Waals surface area contributed by atoms with Gasteiger partial charge in [0.2, 0.25) is 5.88 Å². The van der Waals surface area contributed by atoms with Crippen molar-refractivity contribution in [2.24, 2.45) is 11.7 Å². The van der Waals surface area contributed by atoms with Crippen LogP contribution < -0.4 is 20.5 Å². The lowest BCUT2D eigenvalue weighted by Gasteiger charge is -2.22. The molecule has 26 heavy (non-hydrogen) atoms. The zero-order valence-corrected chi connectivity index (χ0v) is 15.5. The van der Waals surface area contributed by atoms with Gasteiger partial charge in [-0.25, -0.2) is 4.98 Å². The van der Waals surface area contributed by atoms with Crippen molar-refractivity contribution in [2.45, 2.75) is 39.2 Å². The van der Waals surface area contributed by atoms with Crippen LogP contribution in [-0.2, 0) is 0 Å². The standard InChI is InChI=1S/C20H27N3O3/c1-13(2)26-18-11-16-15(10-17(18)19(21)24)5-8-23-20(16)25-9-6-14-4-3-7-22-12-14/h5,8,10-11,13-14,22H,3-4,6-7,9,12H2,1-2H3,(H2,21,24)/t14-/m1/s1. The van der Waals surface area contributed by atoms with Gasteiger partial charge in [0, 0.05) is 11.6 Å². The minimum absolute atomic E-state index is 0.0645. The summed E-state index contributed by atoms with van der Waals surface area (Å²) in [4.78, 5) is 16.1. The second-order valence-electron chi connectivity index (χ2n) is 7.07. The van der Waals surface area contributed by atoms with Crippen LogP contribution in [-0.4, -0.2) is 36.7 Å². The fraction of sp³-hybridized carbons (Fsp3) is 0.500. The van der Waals surface area contributed by atoms with Crippen molar-refractivity contribution in [1.29, 1.82) is 0 Å². The van der Waals surface area contributed by atoms with Crippen LogP contribution in [0.2, 0.25) is 0 Å². The largest absolute Gasteiger partial charge is 0.490 e. The van der Waals surface area contributed by atoms with Gasteiger partial charge in [0.1, 0.15) is 5.75 Å². The molecule has 3 rings (SSSR count). The topological polar surface area (TPSA) is 86.5 Å². The first-order chi connectivity index (χ1) is 12.5. The number of benzene rings is 1. The normalized spacial score (nSPS) is 17.4. The van der Waals surface area contributed by atoms with Gasteiger partial charge in [-0.05, 0) is 75.7 Å². The number of fused-ring (bicyclic) bond motifs is 1. The second-order valence-corrected chi connectivity index (χ2v) is 7.07. The Labute approximate surface area is 154 Å². The first kappa shape index (κ1) is 18.5. The molecule has 0 aliphatic carbocycles. The number of rotatable bonds is 7. The zero-order valence-electron chi connectivity index (χ0n) is 15.5. The maximum atomic E-state index is 11.8. The molecule has 3 N–H and O–H groups in total. The van der Waals surface area contributed by atoms with E-state index in [1.807, 2.05) is 19.9 Å². The Kier molecular flexibility index (Phi) is 5.93. The van der Waals surface area contributed by atoms with Crippen molar-refractivity contribution >= 4 is 16.7 Å². The third-order valence-corrected chi connectivity index (χ3v) is 4.62. The van der Waals surface area contributed by atoms with Gasteiger partial charge in [-0.1, -0.05) is 0 Å². The highest BCUT2D eigenvalue weighted by atomic mass is 16.5. The van der Waals surface area contributed by atoms with Crippen molar-refractivity contribution in [1.82, 2.24) is 10.3 Å². The summed E-state index contributed by atoms with van der Waals surface area (Å²) in [5.41, 5.74) is 5.88. The van der Waals surface area contributed by atoms with E-state index in [4.69, 9.17) is 15.2 Å². The zero-order chi connectivity index (χ0) is 18.5. The van der Waals surface area contributed by atoms with Crippen LogP contribution in [0.5, 0.6) is 11.6 Å². The van der Waals surface area contributed by atoms with Crippen molar-refractivity contribution < 1.29 is 14.3 Å². The number of amides is 1. The predicted octanol–water partition coefficient (Wildman–Crippen LogP) is 2.89. The van der Waals surface area contributed by atoms with E-state index in [9.17, 15) is 4.79 Å². The van der Waals surface area contributed by atoms with Crippen LogP contribution in [0.25, 0.3) is 10.8 Å². The highest BCUT2D eigenvalue weighted by Crippen LogP contribution is 2.31. The van der Waals surface area contributed by atoms with E-state index in [-0.39, 0.29) is 6.10 Å². The molecule has 0 spiro atoms. The quantitative estimate of drug-likeness (QED) is 0.796. The van der Waals surface area contributed by atoms with E-state index in [2.05, 4.69) is 10.3 Å². The molecule has 0 saturated carbocycles. The van der Waals surface area contributed by atoms with E-state index in [1.165, 1.54) is 12.8 Å². The van der Waals surface area contributed by atoms with Crippen LogP contribution in [0.4, 0.5) is 0 Å². The number of nitrogens with zero attached hydrogens (tertiary/aromatic N) is 1. The molecule has 140 valence electrons. The Morgan fingerprint density at radius 1 is 1.42 bits per heavy atom. The van der Waals surface area contributed by atoms with Crippen LogP contribution in [0.15, 0.2) is 24.4 Å². The highest BCUT2D eigenvalue weighted by Gasteiger charge is 2.16. The number of carbonyl (C=O) groups is 1. The number of nitrogens with one attached hydrogen (secondary N) is 1. The SMILES string of the molecule is CC(C)Oc1cc2c(OCC[C@H]3CCCNC3)nccc2cc1C(N)=O. The molecule has 0 radical (unpaired) electrons. The Balaban J connectivity index is 1.82. The molecular weight excluding hydrogens is 330 g/mol. The minimum atomic E-state index is -0.508. The average Bonchev–Trinajstić information content (AvgIpc) is 2.62. The summed E-state index contributed by atoms with van der Waals surface area (Å²) in [6, 6.07) is 5.40. The van der Waals surface area contributed by atoms with Gasteiger partial charge in [-0.15, -0.1) is 0 Å². The van der Waals surface area contributed by atoms with Crippen molar-refractivity contribution in [3.05, 3.63) is 30.0 Å². The van der Waals surface area contributed by atoms with Crippen molar-refractivity contribution in [3.63, 3.8) is 0 Å². The van der Waals surface area contributed by atoms with Gasteiger partial charge in [0.05, 0.1) is 18.3 Å². The Morgan fingerprint density at radius 2 is 2.27 bits per heavy atom. The van der Waals surface area contributed by atoms with Crippen molar-refractivity contribution in [2.75, 3.05) is 19.7 Å². The number of primary amides is 1. The first-order valence-corrected chi connectivity index (χ1v) is 9.27. The summed E-state index contributed by atoms with van der Waals surface area (Å²) in [6.07, 6.45) is 5.09. The molecule has 2 aromatic rings. The molecule has 2 heterocycles. The summed E-state index contributed by atoms with van der Waals surface area (Å²) >= 11 is 0. The summed E-state index contributed by atoms with van der Waals surface area (Å²) in [6.45, 7) is 6.61. The molecule has 0 unspecified atom stereocenters. The molecule has 1 fully saturated rings. The van der Waals surface area contributed by atoms with Gasteiger partial charge < -0.3 is 20.5 Å². The number of aromatic nitrogens is 1. The van der Waals surface area contributed by atoms with Gasteiger partial charge in [0.25, 0.3) is 5.91 Å². The lowest BCUT2D eigenvalue weighted by atomic mass is 9.97. The molecule has 1 aromatic carbocycles. The lowest BCUT2D eigenvalue weighted by molar-refractivity contribution is 0.0994. The van der Waals surface area contributed by atoms with E-state index in [0.717, 1.165) is 30.3 Å². The third kappa shape index (κ3) is 4.43. The Bertz CT molecular complexity index is 770. The summed E-state index contributed by atoms with van der Waals surface area (Å²) in [5, 5.41) is 5.11. The summed E-state index contributed by atoms with van der Waals surface area (Å²) in [5.74, 6) is 1.18. The number of ether oxygens (including phenoxy) is 2. The van der Waals surface area contributed by atoms with Gasteiger partial charge in [0.15, 0.2) is 0 Å². The number of carbonyl (C=O) groups excluding carboxylic acids is 1. The maximum absolute atomic E-state index is 11.8. The van der Waals surface area contributed by atoms with E-state index in [0.29, 0.717) is 29.7 Å². The molecule has 6 heteroatoms. The van der Waals surface area contributed by atoms with Gasteiger partial charge >= 0.3 is 0 Å². The van der Waals surface area contributed by atoms with Crippen LogP contribution in [0.1, 0.15) is 43.5 Å². The molecule has 1 atom stereocenters. The minimum Gasteiger partial charge on any atom is -0.490 e. The number of pyridine rings is 1. The monoisotopic (exact) mass is 357 g/mol. The number of piperidine rings is 1. The Hall–Kier alpha value is -2.34. The first-order valence-electron chi connectivity index (χ1n) is 9.27. The average molecular weight is 357 g/mol. The molecule has 1 aliphatic heterocycles. The van der Waals surface area contributed by atoms with E-state index >= 15 is 0 Å². The van der Waals surface area contributed by atoms with E-state index < -0.39 is 5.91 Å². The smallest absolute Gasteiger partial charge is 0.252 e. The number of hydrogen-bond donors (Lipinski definition) is 2. The van der Waals surface area contributed by atoms with Crippen LogP contribution in [0.3, 0.4) is 0 Å². The van der Waals surface area contributed by atoms with Gasteiger partial charge in [-0.2, -0.15) is 0 Å². The van der Waals surface area contributed by atoms with Crippen molar-refractivity contribution in [3.8, 4) is 11.6 Å². The number of nitrogens with two attached hydrogens (primary N) is 1. The fourth-order valence-corrected chi connectivity index (χ4v) is 3.33. The molecule has 1 saturated heterocycles. The maximum Gasteiger partial charge on any atom is 0.252 e.